The van der Waals surface area contributed by atoms with E-state index < -0.39 is 0 Å². The van der Waals surface area contributed by atoms with Crippen LogP contribution >= 0.6 is 0 Å². The first kappa shape index (κ1) is 16.3. The average molecular weight is 281 g/mol. The van der Waals surface area contributed by atoms with Crippen molar-refractivity contribution in [2.75, 3.05) is 21.3 Å². The second kappa shape index (κ2) is 7.75. The maximum absolute atomic E-state index is 11.7. The van der Waals surface area contributed by atoms with Gasteiger partial charge in [-0.15, -0.1) is 0 Å². The highest BCUT2D eigenvalue weighted by molar-refractivity contribution is 5.75. The number of methoxy groups -OCH3 is 3. The molecule has 20 heavy (non-hydrogen) atoms. The molecule has 0 spiro atoms. The number of hydrogen-bond donors (Lipinski definition) is 1. The van der Waals surface area contributed by atoms with Crippen LogP contribution in [0.25, 0.3) is 0 Å². The van der Waals surface area contributed by atoms with Crippen molar-refractivity contribution in [3.63, 3.8) is 0 Å². The molecule has 0 aromatic heterocycles. The van der Waals surface area contributed by atoms with Gasteiger partial charge in [-0.25, -0.2) is 0 Å². The summed E-state index contributed by atoms with van der Waals surface area (Å²) in [6.07, 6.45) is 0. The summed E-state index contributed by atoms with van der Waals surface area (Å²) in [5.74, 6) is 1.22. The van der Waals surface area contributed by atoms with Gasteiger partial charge >= 0.3 is 5.97 Å². The molecule has 5 heteroatoms. The van der Waals surface area contributed by atoms with Crippen molar-refractivity contribution in [1.82, 2.24) is 5.32 Å². The van der Waals surface area contributed by atoms with E-state index in [4.69, 9.17) is 14.2 Å². The molecule has 0 radical (unpaired) electrons. The van der Waals surface area contributed by atoms with Gasteiger partial charge in [0.05, 0.1) is 21.3 Å². The lowest BCUT2D eigenvalue weighted by atomic mass is 10.0. The van der Waals surface area contributed by atoms with E-state index >= 15 is 0 Å². The van der Waals surface area contributed by atoms with E-state index in [1.807, 2.05) is 32.0 Å². The van der Waals surface area contributed by atoms with Gasteiger partial charge in [0.2, 0.25) is 0 Å². The van der Waals surface area contributed by atoms with E-state index in [1.54, 1.807) is 14.2 Å². The first-order chi connectivity index (χ1) is 9.54. The Morgan fingerprint density at radius 1 is 1.20 bits per heavy atom. The number of rotatable bonds is 7. The van der Waals surface area contributed by atoms with Crippen LogP contribution in [0.4, 0.5) is 0 Å². The van der Waals surface area contributed by atoms with Crippen LogP contribution in [0.15, 0.2) is 18.2 Å². The van der Waals surface area contributed by atoms with Crippen LogP contribution < -0.4 is 14.8 Å². The first-order valence-electron chi connectivity index (χ1n) is 6.56. The third kappa shape index (κ3) is 3.87. The van der Waals surface area contributed by atoms with Gasteiger partial charge < -0.3 is 14.2 Å². The minimum Gasteiger partial charge on any atom is -0.493 e. The molecule has 112 valence electrons. The molecule has 0 saturated carbocycles. The number of carbonyl (C=O) groups is 1. The van der Waals surface area contributed by atoms with Gasteiger partial charge in [0.1, 0.15) is 6.04 Å². The molecule has 0 heterocycles. The Morgan fingerprint density at radius 2 is 1.90 bits per heavy atom. The summed E-state index contributed by atoms with van der Waals surface area (Å²) < 4.78 is 15.4. The number of para-hydroxylation sites is 1. The molecule has 0 unspecified atom stereocenters. The lowest BCUT2D eigenvalue weighted by molar-refractivity contribution is -0.144. The molecule has 1 rings (SSSR count). The number of esters is 1. The Balaban J connectivity index is 2.85. The lowest BCUT2D eigenvalue weighted by Gasteiger charge is -2.21. The molecule has 1 atom stereocenters. The Bertz CT molecular complexity index is 445. The molecule has 1 aromatic carbocycles. The van der Waals surface area contributed by atoms with Crippen molar-refractivity contribution >= 4 is 5.97 Å². The molecular weight excluding hydrogens is 258 g/mol. The van der Waals surface area contributed by atoms with Crippen LogP contribution in [0.2, 0.25) is 0 Å². The van der Waals surface area contributed by atoms with Crippen LogP contribution in [0.1, 0.15) is 19.4 Å². The van der Waals surface area contributed by atoms with Gasteiger partial charge in [0.25, 0.3) is 0 Å². The molecule has 5 nitrogen and oxygen atoms in total. The molecule has 1 N–H and O–H groups in total. The molecule has 0 amide bonds. The van der Waals surface area contributed by atoms with Crippen molar-refractivity contribution in [3.8, 4) is 11.5 Å². The van der Waals surface area contributed by atoms with Crippen molar-refractivity contribution in [1.29, 1.82) is 0 Å². The molecule has 0 saturated heterocycles. The maximum atomic E-state index is 11.7. The molecule has 1 aromatic rings. The summed E-state index contributed by atoms with van der Waals surface area (Å²) in [6.45, 7) is 4.44. The van der Waals surface area contributed by atoms with E-state index in [9.17, 15) is 4.79 Å². The molecule has 0 aliphatic rings. The lowest BCUT2D eigenvalue weighted by Crippen LogP contribution is -2.41. The predicted octanol–water partition coefficient (Wildman–Crippen LogP) is 1.99. The summed E-state index contributed by atoms with van der Waals surface area (Å²) >= 11 is 0. The molecule has 0 bridgehead atoms. The van der Waals surface area contributed by atoms with Gasteiger partial charge in [-0.05, 0) is 12.0 Å². The highest BCUT2D eigenvalue weighted by atomic mass is 16.5. The fourth-order valence-corrected chi connectivity index (χ4v) is 2.03. The minimum absolute atomic E-state index is 0.138. The second-order valence-corrected chi connectivity index (χ2v) is 4.78. The summed E-state index contributed by atoms with van der Waals surface area (Å²) in [5.41, 5.74) is 0.932. The summed E-state index contributed by atoms with van der Waals surface area (Å²) in [6, 6.07) is 5.31. The summed E-state index contributed by atoms with van der Waals surface area (Å²) in [5, 5.41) is 3.20. The van der Waals surface area contributed by atoms with Crippen molar-refractivity contribution in [3.05, 3.63) is 23.8 Å². The highest BCUT2D eigenvalue weighted by Crippen LogP contribution is 2.30. The van der Waals surface area contributed by atoms with Crippen molar-refractivity contribution < 1.29 is 19.0 Å². The van der Waals surface area contributed by atoms with E-state index in [0.717, 1.165) is 5.56 Å². The van der Waals surface area contributed by atoms with Crippen molar-refractivity contribution in [2.24, 2.45) is 5.92 Å². The van der Waals surface area contributed by atoms with E-state index in [-0.39, 0.29) is 17.9 Å². The zero-order valence-corrected chi connectivity index (χ0v) is 12.7. The minimum atomic E-state index is -0.351. The number of benzene rings is 1. The Hall–Kier alpha value is -1.75. The maximum Gasteiger partial charge on any atom is 0.323 e. The highest BCUT2D eigenvalue weighted by Gasteiger charge is 2.22. The molecule has 0 fully saturated rings. The molecule has 0 aliphatic carbocycles. The predicted molar refractivity (Wildman–Crippen MR) is 77.0 cm³/mol. The van der Waals surface area contributed by atoms with Gasteiger partial charge in [0.15, 0.2) is 11.5 Å². The zero-order chi connectivity index (χ0) is 15.1. The number of hydrogen-bond acceptors (Lipinski definition) is 5. The number of carbonyl (C=O) groups excluding carboxylic acids is 1. The van der Waals surface area contributed by atoms with E-state index in [1.165, 1.54) is 7.11 Å². The van der Waals surface area contributed by atoms with Gasteiger partial charge in [0, 0.05) is 12.1 Å². The third-order valence-corrected chi connectivity index (χ3v) is 3.12. The standard InChI is InChI=1S/C15H23NO4/c1-10(2)13(15(17)20-5)16-9-11-7-6-8-12(18-3)14(11)19-4/h6-8,10,13,16H,9H2,1-5H3/t13-/m0/s1. The normalized spacial score (nSPS) is 12.1. The van der Waals surface area contributed by atoms with Gasteiger partial charge in [-0.3, -0.25) is 10.1 Å². The van der Waals surface area contributed by atoms with Crippen LogP contribution in [0, 0.1) is 5.92 Å². The fraction of sp³-hybridized carbons (Fsp3) is 0.533. The summed E-state index contributed by atoms with van der Waals surface area (Å²) in [4.78, 5) is 11.7. The second-order valence-electron chi connectivity index (χ2n) is 4.78. The third-order valence-electron chi connectivity index (χ3n) is 3.12. The quantitative estimate of drug-likeness (QED) is 0.775. The van der Waals surface area contributed by atoms with Crippen LogP contribution in [0.5, 0.6) is 11.5 Å². The number of ether oxygens (including phenoxy) is 3. The Labute approximate surface area is 120 Å². The van der Waals surface area contributed by atoms with Crippen LogP contribution in [-0.4, -0.2) is 33.3 Å². The zero-order valence-electron chi connectivity index (χ0n) is 12.7. The monoisotopic (exact) mass is 281 g/mol. The Morgan fingerprint density at radius 3 is 2.40 bits per heavy atom. The molecular formula is C15H23NO4. The smallest absolute Gasteiger partial charge is 0.323 e. The fourth-order valence-electron chi connectivity index (χ4n) is 2.03. The van der Waals surface area contributed by atoms with Crippen LogP contribution in [0.3, 0.4) is 0 Å². The van der Waals surface area contributed by atoms with Gasteiger partial charge in [-0.1, -0.05) is 26.0 Å². The summed E-state index contributed by atoms with van der Waals surface area (Å²) in [7, 11) is 4.59. The van der Waals surface area contributed by atoms with Gasteiger partial charge in [-0.2, -0.15) is 0 Å². The van der Waals surface area contributed by atoms with Crippen LogP contribution in [-0.2, 0) is 16.1 Å². The first-order valence-corrected chi connectivity index (χ1v) is 6.56. The largest absolute Gasteiger partial charge is 0.493 e. The van der Waals surface area contributed by atoms with E-state index in [0.29, 0.717) is 18.0 Å². The average Bonchev–Trinajstić information content (AvgIpc) is 2.46. The SMILES string of the molecule is COC(=O)[C@@H](NCc1cccc(OC)c1OC)C(C)C. The topological polar surface area (TPSA) is 56.8 Å². The van der Waals surface area contributed by atoms with Crippen molar-refractivity contribution in [2.45, 2.75) is 26.4 Å². The van der Waals surface area contributed by atoms with E-state index in [2.05, 4.69) is 5.32 Å². The number of nitrogens with one attached hydrogen (secondary N) is 1. The molecule has 0 aliphatic heterocycles. The Kier molecular flexibility index (Phi) is 6.31.